The van der Waals surface area contributed by atoms with Crippen LogP contribution in [0.5, 0.6) is 0 Å². The van der Waals surface area contributed by atoms with Crippen LogP contribution in [-0.2, 0) is 13.0 Å². The van der Waals surface area contributed by atoms with Crippen LogP contribution in [0.2, 0.25) is 0 Å². The van der Waals surface area contributed by atoms with E-state index in [1.165, 1.54) is 17.5 Å². The van der Waals surface area contributed by atoms with E-state index in [9.17, 15) is 0 Å². The molecule has 2 aromatic rings. The second-order valence-electron chi connectivity index (χ2n) is 5.75. The molecule has 0 aromatic heterocycles. The van der Waals surface area contributed by atoms with Crippen molar-refractivity contribution in [2.45, 2.75) is 45.7 Å². The molecule has 0 radical (unpaired) electrons. The van der Waals surface area contributed by atoms with Gasteiger partial charge in [0.1, 0.15) is 0 Å². The van der Waals surface area contributed by atoms with E-state index in [0.29, 0.717) is 6.04 Å². The van der Waals surface area contributed by atoms with E-state index < -0.39 is 0 Å². The van der Waals surface area contributed by atoms with Gasteiger partial charge in [0.05, 0.1) is 0 Å². The molecule has 2 rings (SSSR count). The Kier molecular flexibility index (Phi) is 10.0. The molecule has 0 spiro atoms. The molecular formula is C20H30N2. The smallest absolute Gasteiger partial charge is 0.0207 e. The summed E-state index contributed by atoms with van der Waals surface area (Å²) in [5.74, 6) is 0. The number of nitrogens with two attached hydrogens (primary N) is 1. The lowest BCUT2D eigenvalue weighted by Crippen LogP contribution is -2.21. The zero-order valence-corrected chi connectivity index (χ0v) is 14.0. The van der Waals surface area contributed by atoms with Crippen molar-refractivity contribution >= 4 is 0 Å². The maximum absolute atomic E-state index is 5.39. The zero-order chi connectivity index (χ0) is 16.0. The van der Waals surface area contributed by atoms with Gasteiger partial charge in [-0.3, -0.25) is 0 Å². The van der Waals surface area contributed by atoms with Crippen LogP contribution in [0.1, 0.15) is 37.8 Å². The first-order valence-electron chi connectivity index (χ1n) is 8.23. The van der Waals surface area contributed by atoms with Crippen LogP contribution >= 0.6 is 0 Å². The summed E-state index contributed by atoms with van der Waals surface area (Å²) in [5.41, 5.74) is 8.16. The van der Waals surface area contributed by atoms with Gasteiger partial charge in [-0.1, -0.05) is 74.5 Å². The van der Waals surface area contributed by atoms with E-state index in [2.05, 4.69) is 67.7 Å². The van der Waals surface area contributed by atoms with Gasteiger partial charge >= 0.3 is 0 Å². The molecule has 3 N–H and O–H groups in total. The fraction of sp³-hybridized carbons (Fsp3) is 0.400. The van der Waals surface area contributed by atoms with Crippen LogP contribution in [0.4, 0.5) is 0 Å². The number of aryl methyl sites for hydroxylation is 1. The maximum Gasteiger partial charge on any atom is 0.0207 e. The van der Waals surface area contributed by atoms with E-state index in [1.54, 1.807) is 0 Å². The molecule has 0 aliphatic rings. The first-order valence-corrected chi connectivity index (χ1v) is 8.23. The highest BCUT2D eigenvalue weighted by atomic mass is 14.9. The second-order valence-corrected chi connectivity index (χ2v) is 5.75. The van der Waals surface area contributed by atoms with Crippen LogP contribution in [0.25, 0.3) is 0 Å². The van der Waals surface area contributed by atoms with E-state index >= 15 is 0 Å². The summed E-state index contributed by atoms with van der Waals surface area (Å²) < 4.78 is 0. The molecule has 120 valence electrons. The minimum absolute atomic E-state index is 0.565. The van der Waals surface area contributed by atoms with Crippen molar-refractivity contribution in [1.82, 2.24) is 5.32 Å². The molecule has 0 amide bonds. The zero-order valence-electron chi connectivity index (χ0n) is 14.0. The summed E-state index contributed by atoms with van der Waals surface area (Å²) >= 11 is 0. The summed E-state index contributed by atoms with van der Waals surface area (Å²) in [6.07, 6.45) is 3.51. The first kappa shape index (κ1) is 18.4. The Morgan fingerprint density at radius 3 is 1.86 bits per heavy atom. The summed E-state index contributed by atoms with van der Waals surface area (Å²) in [4.78, 5) is 0. The van der Waals surface area contributed by atoms with E-state index in [-0.39, 0.29) is 0 Å². The summed E-state index contributed by atoms with van der Waals surface area (Å²) in [6.45, 7) is 6.09. The second kappa shape index (κ2) is 12.0. The Bertz CT molecular complexity index is 466. The number of hydrogen-bond acceptors (Lipinski definition) is 2. The topological polar surface area (TPSA) is 38.0 Å². The number of rotatable bonds is 7. The van der Waals surface area contributed by atoms with Crippen LogP contribution in [0, 0.1) is 0 Å². The van der Waals surface area contributed by atoms with Crippen LogP contribution < -0.4 is 11.1 Å². The third-order valence-corrected chi connectivity index (χ3v) is 3.32. The van der Waals surface area contributed by atoms with E-state index in [0.717, 1.165) is 25.9 Å². The van der Waals surface area contributed by atoms with Crippen molar-refractivity contribution in [3.8, 4) is 0 Å². The van der Waals surface area contributed by atoms with Crippen LogP contribution in [-0.4, -0.2) is 12.6 Å². The molecule has 0 saturated carbocycles. The highest BCUT2D eigenvalue weighted by Gasteiger charge is 1.92. The van der Waals surface area contributed by atoms with Crippen molar-refractivity contribution in [3.05, 3.63) is 71.8 Å². The van der Waals surface area contributed by atoms with Crippen LogP contribution in [0.3, 0.4) is 0 Å². The molecule has 2 heteroatoms. The van der Waals surface area contributed by atoms with Gasteiger partial charge in [-0.15, -0.1) is 0 Å². The lowest BCUT2D eigenvalue weighted by Gasteiger charge is -2.06. The molecule has 2 aromatic carbocycles. The predicted molar refractivity (Wildman–Crippen MR) is 96.9 cm³/mol. The van der Waals surface area contributed by atoms with Crippen LogP contribution in [0.15, 0.2) is 60.7 Å². The minimum Gasteiger partial charge on any atom is -0.330 e. The monoisotopic (exact) mass is 298 g/mol. The van der Waals surface area contributed by atoms with E-state index in [4.69, 9.17) is 5.73 Å². The van der Waals surface area contributed by atoms with Gasteiger partial charge in [0.2, 0.25) is 0 Å². The molecule has 0 fully saturated rings. The number of benzene rings is 2. The Hall–Kier alpha value is -1.64. The molecule has 0 atom stereocenters. The molecule has 0 heterocycles. The number of nitrogens with one attached hydrogen (secondary N) is 1. The van der Waals surface area contributed by atoms with Crippen molar-refractivity contribution in [1.29, 1.82) is 0 Å². The van der Waals surface area contributed by atoms with Gasteiger partial charge in [-0.2, -0.15) is 0 Å². The Morgan fingerprint density at radius 2 is 1.36 bits per heavy atom. The summed E-state index contributed by atoms with van der Waals surface area (Å²) in [6, 6.07) is 21.5. The van der Waals surface area contributed by atoms with Gasteiger partial charge in [-0.05, 0) is 36.9 Å². The largest absolute Gasteiger partial charge is 0.330 e. The van der Waals surface area contributed by atoms with Gasteiger partial charge < -0.3 is 11.1 Å². The number of hydrogen-bond donors (Lipinski definition) is 2. The highest BCUT2D eigenvalue weighted by molar-refractivity contribution is 5.15. The molecule has 0 bridgehead atoms. The average molecular weight is 298 g/mol. The molecule has 0 saturated heterocycles. The maximum atomic E-state index is 5.39. The Balaban J connectivity index is 0.000000220. The van der Waals surface area contributed by atoms with Crippen molar-refractivity contribution < 1.29 is 0 Å². The normalized spacial score (nSPS) is 10.2. The highest BCUT2D eigenvalue weighted by Crippen LogP contribution is 2.03. The van der Waals surface area contributed by atoms with Gasteiger partial charge in [0, 0.05) is 12.6 Å². The SMILES string of the molecule is CC(C)NCc1ccccc1.NCCCCc1ccccc1. The first-order chi connectivity index (χ1) is 10.7. The lowest BCUT2D eigenvalue weighted by atomic mass is 10.1. The lowest BCUT2D eigenvalue weighted by molar-refractivity contribution is 0.589. The third-order valence-electron chi connectivity index (χ3n) is 3.32. The molecule has 0 unspecified atom stereocenters. The summed E-state index contributed by atoms with van der Waals surface area (Å²) in [7, 11) is 0. The average Bonchev–Trinajstić information content (AvgIpc) is 2.56. The summed E-state index contributed by atoms with van der Waals surface area (Å²) in [5, 5.41) is 3.36. The van der Waals surface area contributed by atoms with Crippen molar-refractivity contribution in [2.24, 2.45) is 5.73 Å². The van der Waals surface area contributed by atoms with Gasteiger partial charge in [0.15, 0.2) is 0 Å². The molecule has 0 aliphatic heterocycles. The molecular weight excluding hydrogens is 268 g/mol. The molecule has 2 nitrogen and oxygen atoms in total. The predicted octanol–water partition coefficient (Wildman–Crippen LogP) is 4.15. The van der Waals surface area contributed by atoms with Gasteiger partial charge in [-0.25, -0.2) is 0 Å². The quantitative estimate of drug-likeness (QED) is 0.754. The standard InChI is InChI=1S/2C10H15N/c1-9(2)11-8-10-6-4-3-5-7-10;11-9-5-4-8-10-6-2-1-3-7-10/h3-7,9,11H,8H2,1-2H3;1-3,6-7H,4-5,8-9,11H2. The Labute approximate surface area is 135 Å². The van der Waals surface area contributed by atoms with Crippen molar-refractivity contribution in [2.75, 3.05) is 6.54 Å². The molecule has 22 heavy (non-hydrogen) atoms. The Morgan fingerprint density at radius 1 is 0.818 bits per heavy atom. The van der Waals surface area contributed by atoms with Crippen molar-refractivity contribution in [3.63, 3.8) is 0 Å². The molecule has 0 aliphatic carbocycles. The fourth-order valence-corrected chi connectivity index (χ4v) is 2.04. The minimum atomic E-state index is 0.565. The fourth-order valence-electron chi connectivity index (χ4n) is 2.04. The third kappa shape index (κ3) is 9.32. The van der Waals surface area contributed by atoms with Gasteiger partial charge in [0.25, 0.3) is 0 Å². The number of unbranched alkanes of at least 4 members (excludes halogenated alkanes) is 1. The van der Waals surface area contributed by atoms with E-state index in [1.807, 2.05) is 12.1 Å².